The Morgan fingerprint density at radius 1 is 0.865 bits per heavy atom. The van der Waals surface area contributed by atoms with Crippen molar-refractivity contribution in [2.45, 2.75) is 24.3 Å². The minimum Gasteiger partial charge on any atom is -0.462 e. The van der Waals surface area contributed by atoms with Crippen LogP contribution in [0.5, 0.6) is 0 Å². The van der Waals surface area contributed by atoms with Crippen molar-refractivity contribution in [3.8, 4) is 21.8 Å². The van der Waals surface area contributed by atoms with Crippen LogP contribution in [0.15, 0.2) is 136 Å². The Morgan fingerprint density at radius 2 is 1.50 bits per heavy atom. The van der Waals surface area contributed by atoms with Gasteiger partial charge in [0.05, 0.1) is 34.5 Å². The Bertz CT molecular complexity index is 2540. The lowest BCUT2D eigenvalue weighted by Crippen LogP contribution is -2.29. The number of carbonyl (C=O) groups excluding carboxylic acids is 2. The van der Waals surface area contributed by atoms with Crippen molar-refractivity contribution in [3.05, 3.63) is 159 Å². The number of para-hydroxylation sites is 2. The number of hydrogen-bond acceptors (Lipinski definition) is 8. The molecule has 1 N–H and O–H groups in total. The number of carbonyl (C=O) groups is 2. The fourth-order valence-electron chi connectivity index (χ4n) is 5.97. The first-order chi connectivity index (χ1) is 25.3. The summed E-state index contributed by atoms with van der Waals surface area (Å²) in [6.07, 6.45) is 0. The van der Waals surface area contributed by atoms with Crippen LogP contribution in [0.2, 0.25) is 0 Å². The van der Waals surface area contributed by atoms with Crippen molar-refractivity contribution in [3.63, 3.8) is 0 Å². The van der Waals surface area contributed by atoms with Gasteiger partial charge in [-0.15, -0.1) is 11.3 Å². The predicted octanol–water partition coefficient (Wildman–Crippen LogP) is 7.56. The van der Waals surface area contributed by atoms with Gasteiger partial charge in [0.2, 0.25) is 5.91 Å². The van der Waals surface area contributed by atoms with Crippen molar-refractivity contribution < 1.29 is 14.3 Å². The number of nitrogens with zero attached hydrogens (tertiary/aromatic N) is 4. The summed E-state index contributed by atoms with van der Waals surface area (Å²) < 4.78 is 9.87. The molecule has 0 radical (unpaired) electrons. The maximum Gasteiger partial charge on any atom is 0.341 e. The van der Waals surface area contributed by atoms with E-state index in [2.05, 4.69) is 5.32 Å². The number of thiophene rings is 1. The summed E-state index contributed by atoms with van der Waals surface area (Å²) in [7, 11) is 1.76. The highest BCUT2D eigenvalue weighted by Crippen LogP contribution is 2.40. The second-order valence-corrected chi connectivity index (χ2v) is 13.9. The first-order valence-corrected chi connectivity index (χ1v) is 18.2. The van der Waals surface area contributed by atoms with E-state index in [0.717, 1.165) is 22.2 Å². The lowest BCUT2D eigenvalue weighted by atomic mass is 10.1. The van der Waals surface area contributed by atoms with Gasteiger partial charge >= 0.3 is 5.97 Å². The Labute approximate surface area is 306 Å². The molecule has 10 nitrogen and oxygen atoms in total. The van der Waals surface area contributed by atoms with E-state index >= 15 is 0 Å². The average Bonchev–Trinajstić information content (AvgIpc) is 3.69. The maximum atomic E-state index is 14.5. The van der Waals surface area contributed by atoms with Gasteiger partial charge in [0.15, 0.2) is 5.16 Å². The number of aromatic nitrogens is 4. The molecule has 12 heteroatoms. The zero-order valence-electron chi connectivity index (χ0n) is 28.5. The molecule has 3 heterocycles. The van der Waals surface area contributed by atoms with E-state index < -0.39 is 28.2 Å². The third kappa shape index (κ3) is 6.49. The Balaban J connectivity index is 1.37. The molecule has 1 amide bonds. The third-order valence-corrected chi connectivity index (χ3v) is 10.9. The Morgan fingerprint density at radius 3 is 2.19 bits per heavy atom. The second kappa shape index (κ2) is 14.7. The zero-order valence-corrected chi connectivity index (χ0v) is 30.1. The van der Waals surface area contributed by atoms with E-state index in [1.54, 1.807) is 55.9 Å². The van der Waals surface area contributed by atoms with Crippen LogP contribution in [0, 0.1) is 6.92 Å². The summed E-state index contributed by atoms with van der Waals surface area (Å²) >= 11 is 2.31. The van der Waals surface area contributed by atoms with Gasteiger partial charge in [-0.25, -0.2) is 19.0 Å². The van der Waals surface area contributed by atoms with Crippen LogP contribution in [0.3, 0.4) is 0 Å². The van der Waals surface area contributed by atoms with Crippen molar-refractivity contribution in [1.82, 2.24) is 18.9 Å². The molecule has 1 atom stereocenters. The van der Waals surface area contributed by atoms with Crippen LogP contribution in [0.25, 0.3) is 32.7 Å². The highest BCUT2D eigenvalue weighted by atomic mass is 32.2. The van der Waals surface area contributed by atoms with Crippen molar-refractivity contribution in [2.24, 2.45) is 7.05 Å². The van der Waals surface area contributed by atoms with Gasteiger partial charge in [-0.05, 0) is 55.3 Å². The van der Waals surface area contributed by atoms with Crippen LogP contribution in [-0.2, 0) is 16.6 Å². The van der Waals surface area contributed by atoms with Crippen LogP contribution in [0.1, 0.15) is 33.8 Å². The number of anilines is 1. The van der Waals surface area contributed by atoms with Gasteiger partial charge in [-0.2, -0.15) is 0 Å². The minimum atomic E-state index is -0.960. The summed E-state index contributed by atoms with van der Waals surface area (Å²) in [5.74, 6) is -1.01. The quantitative estimate of drug-likeness (QED) is 0.0878. The standard InChI is InChI=1S/C40H33N5O5S2/c1-4-50-39(49)30-24-32(26-16-8-5-9-17-26)51-36(30)42-35(46)34(27-18-10-6-11-19-27)52-40-41-31-23-15-14-22-29(31)37(47)44(40)33-25(2)43(3)45(38(33)48)28-20-12-7-13-21-28/h5-24,34H,4H2,1-3H3,(H,42,46). The number of esters is 1. The van der Waals surface area contributed by atoms with Gasteiger partial charge < -0.3 is 10.1 Å². The van der Waals surface area contributed by atoms with Crippen molar-refractivity contribution in [1.29, 1.82) is 0 Å². The van der Waals surface area contributed by atoms with Crippen LogP contribution < -0.4 is 16.4 Å². The van der Waals surface area contributed by atoms with Gasteiger partial charge in [0.1, 0.15) is 15.9 Å². The first kappa shape index (κ1) is 34.5. The fourth-order valence-corrected chi connectivity index (χ4v) is 8.13. The molecular weight excluding hydrogens is 695 g/mol. The van der Waals surface area contributed by atoms with Crippen molar-refractivity contribution >= 4 is 50.9 Å². The van der Waals surface area contributed by atoms with Gasteiger partial charge in [-0.1, -0.05) is 103 Å². The van der Waals surface area contributed by atoms with E-state index in [1.807, 2.05) is 91.0 Å². The first-order valence-electron chi connectivity index (χ1n) is 16.5. The molecule has 0 aliphatic rings. The SMILES string of the molecule is CCOC(=O)c1cc(-c2ccccc2)sc1NC(=O)C(Sc1nc2ccccc2c(=O)n1-c1c(C)n(C)n(-c2ccccc2)c1=O)c1ccccc1. The van der Waals surface area contributed by atoms with Crippen LogP contribution >= 0.6 is 23.1 Å². The number of benzene rings is 4. The fraction of sp³-hybridized carbons (Fsp3) is 0.125. The van der Waals surface area contributed by atoms with Gasteiger partial charge in [0, 0.05) is 11.9 Å². The largest absolute Gasteiger partial charge is 0.462 e. The Hall–Kier alpha value is -5.98. The zero-order chi connectivity index (χ0) is 36.4. The molecule has 1 unspecified atom stereocenters. The third-order valence-electron chi connectivity index (χ3n) is 8.58. The molecule has 0 aliphatic carbocycles. The van der Waals surface area contributed by atoms with Crippen molar-refractivity contribution in [2.75, 3.05) is 11.9 Å². The van der Waals surface area contributed by atoms with Crippen LogP contribution in [0.4, 0.5) is 5.00 Å². The molecule has 3 aromatic heterocycles. The summed E-state index contributed by atoms with van der Waals surface area (Å²) in [5, 5.41) is 2.85. The number of fused-ring (bicyclic) bond motifs is 1. The smallest absolute Gasteiger partial charge is 0.341 e. The maximum absolute atomic E-state index is 14.5. The molecule has 0 bridgehead atoms. The van der Waals surface area contributed by atoms with E-state index in [0.29, 0.717) is 32.8 Å². The molecule has 7 aromatic rings. The van der Waals surface area contributed by atoms with E-state index in [-0.39, 0.29) is 23.0 Å². The number of hydrogen-bond donors (Lipinski definition) is 1. The Kier molecular flexibility index (Phi) is 9.75. The van der Waals surface area contributed by atoms with E-state index in [9.17, 15) is 19.2 Å². The number of amides is 1. The average molecular weight is 728 g/mol. The minimum absolute atomic E-state index is 0.125. The monoisotopic (exact) mass is 727 g/mol. The number of nitrogens with one attached hydrogen (secondary N) is 1. The number of thioether (sulfide) groups is 1. The number of rotatable bonds is 10. The van der Waals surface area contributed by atoms with Gasteiger partial charge in [-0.3, -0.25) is 19.1 Å². The molecule has 0 fully saturated rings. The molecule has 52 heavy (non-hydrogen) atoms. The molecule has 4 aromatic carbocycles. The van der Waals surface area contributed by atoms with Crippen LogP contribution in [-0.4, -0.2) is 37.4 Å². The molecule has 7 rings (SSSR count). The normalized spacial score (nSPS) is 11.8. The molecule has 0 spiro atoms. The molecule has 0 aliphatic heterocycles. The van der Waals surface area contributed by atoms with Gasteiger partial charge in [0.25, 0.3) is 11.1 Å². The van der Waals surface area contributed by atoms with E-state index in [1.165, 1.54) is 20.6 Å². The summed E-state index contributed by atoms with van der Waals surface area (Å²) in [6.45, 7) is 3.66. The number of ether oxygens (including phenoxy) is 1. The molecule has 0 saturated heterocycles. The van der Waals surface area contributed by atoms with E-state index in [4.69, 9.17) is 9.72 Å². The molecule has 260 valence electrons. The lowest BCUT2D eigenvalue weighted by molar-refractivity contribution is -0.115. The molecule has 0 saturated carbocycles. The second-order valence-electron chi connectivity index (χ2n) is 11.8. The predicted molar refractivity (Wildman–Crippen MR) is 206 cm³/mol. The lowest BCUT2D eigenvalue weighted by Gasteiger charge is -2.19. The highest BCUT2D eigenvalue weighted by molar-refractivity contribution is 8.00. The topological polar surface area (TPSA) is 117 Å². The summed E-state index contributed by atoms with van der Waals surface area (Å²) in [5.41, 5.74) is 2.59. The molecular formula is C40H33N5O5S2. The summed E-state index contributed by atoms with van der Waals surface area (Å²) in [6, 6.07) is 36.5. The highest BCUT2D eigenvalue weighted by Gasteiger charge is 2.30. The summed E-state index contributed by atoms with van der Waals surface area (Å²) in [4.78, 5) is 62.0.